The van der Waals surface area contributed by atoms with Gasteiger partial charge in [-0.05, 0) is 12.1 Å². The fourth-order valence-electron chi connectivity index (χ4n) is 1.06. The third kappa shape index (κ3) is 1.07. The second-order valence-corrected chi connectivity index (χ2v) is 3.88. The molecule has 0 amide bonds. The van der Waals surface area contributed by atoms with Gasteiger partial charge in [-0.1, -0.05) is 0 Å². The van der Waals surface area contributed by atoms with Gasteiger partial charge < -0.3 is 5.73 Å². The molecular formula is C8H6FNS2. The number of halogens is 1. The highest BCUT2D eigenvalue weighted by Gasteiger charge is 2.05. The Balaban J connectivity index is 2.87. The zero-order valence-electron chi connectivity index (χ0n) is 6.04. The zero-order valence-corrected chi connectivity index (χ0v) is 7.75. The second kappa shape index (κ2) is 2.64. The van der Waals surface area contributed by atoms with Crippen LogP contribution in [0.3, 0.4) is 0 Å². The van der Waals surface area contributed by atoms with E-state index in [2.05, 4.69) is 12.6 Å². The Morgan fingerprint density at radius 3 is 2.92 bits per heavy atom. The molecule has 2 rings (SSSR count). The number of nitrogen functional groups attached to an aromatic ring is 1. The Labute approximate surface area is 78.4 Å². The minimum Gasteiger partial charge on any atom is -0.398 e. The molecule has 0 unspecified atom stereocenters. The number of thiophene rings is 1. The topological polar surface area (TPSA) is 26.0 Å². The maximum Gasteiger partial charge on any atom is 0.137 e. The van der Waals surface area contributed by atoms with E-state index in [4.69, 9.17) is 5.73 Å². The molecule has 0 aliphatic carbocycles. The molecule has 1 heterocycles. The highest BCUT2D eigenvalue weighted by Crippen LogP contribution is 2.31. The summed E-state index contributed by atoms with van der Waals surface area (Å²) in [5.41, 5.74) is 6.24. The molecule has 0 saturated heterocycles. The minimum absolute atomic E-state index is 0.323. The van der Waals surface area contributed by atoms with Crippen LogP contribution in [0.15, 0.2) is 22.4 Å². The quantitative estimate of drug-likeness (QED) is 0.627. The van der Waals surface area contributed by atoms with Crippen LogP contribution in [-0.2, 0) is 0 Å². The molecule has 0 bridgehead atoms. The predicted octanol–water partition coefficient (Wildman–Crippen LogP) is 2.91. The molecular weight excluding hydrogens is 193 g/mol. The first-order valence-electron chi connectivity index (χ1n) is 3.33. The van der Waals surface area contributed by atoms with Crippen molar-refractivity contribution in [3.8, 4) is 0 Å². The number of fused-ring (bicyclic) bond motifs is 1. The van der Waals surface area contributed by atoms with E-state index >= 15 is 0 Å². The van der Waals surface area contributed by atoms with Crippen molar-refractivity contribution in [2.75, 3.05) is 5.73 Å². The van der Waals surface area contributed by atoms with Gasteiger partial charge in [-0.25, -0.2) is 4.39 Å². The second-order valence-electron chi connectivity index (χ2n) is 2.49. The molecule has 2 aromatic rings. The normalized spacial score (nSPS) is 10.8. The molecule has 2 N–H and O–H groups in total. The van der Waals surface area contributed by atoms with Crippen LogP contribution in [-0.4, -0.2) is 0 Å². The van der Waals surface area contributed by atoms with Crippen molar-refractivity contribution in [2.45, 2.75) is 4.90 Å². The van der Waals surface area contributed by atoms with Gasteiger partial charge in [0, 0.05) is 20.4 Å². The number of hydrogen-bond donors (Lipinski definition) is 2. The fourth-order valence-corrected chi connectivity index (χ4v) is 2.21. The van der Waals surface area contributed by atoms with E-state index in [0.29, 0.717) is 10.6 Å². The van der Waals surface area contributed by atoms with Crippen LogP contribution in [0.2, 0.25) is 0 Å². The van der Waals surface area contributed by atoms with Crippen LogP contribution in [0.1, 0.15) is 0 Å². The highest BCUT2D eigenvalue weighted by atomic mass is 32.1. The van der Waals surface area contributed by atoms with Gasteiger partial charge >= 0.3 is 0 Å². The highest BCUT2D eigenvalue weighted by molar-refractivity contribution is 7.80. The molecule has 12 heavy (non-hydrogen) atoms. The van der Waals surface area contributed by atoms with Gasteiger partial charge in [-0.3, -0.25) is 0 Å². The van der Waals surface area contributed by atoms with Crippen LogP contribution >= 0.6 is 24.0 Å². The maximum absolute atomic E-state index is 13.0. The fraction of sp³-hybridized carbons (Fsp3) is 0. The number of benzene rings is 1. The molecule has 0 atom stereocenters. The molecule has 0 spiro atoms. The smallest absolute Gasteiger partial charge is 0.137 e. The van der Waals surface area contributed by atoms with E-state index in [1.165, 1.54) is 17.4 Å². The third-order valence-electron chi connectivity index (χ3n) is 1.67. The first kappa shape index (κ1) is 7.89. The van der Waals surface area contributed by atoms with Crippen LogP contribution in [0.5, 0.6) is 0 Å². The lowest BCUT2D eigenvalue weighted by molar-refractivity contribution is 0.605. The van der Waals surface area contributed by atoms with E-state index in [-0.39, 0.29) is 5.82 Å². The predicted molar refractivity (Wildman–Crippen MR) is 53.4 cm³/mol. The van der Waals surface area contributed by atoms with Crippen LogP contribution in [0.25, 0.3) is 10.1 Å². The van der Waals surface area contributed by atoms with E-state index < -0.39 is 0 Å². The van der Waals surface area contributed by atoms with Gasteiger partial charge in [0.05, 0.1) is 5.69 Å². The number of hydrogen-bond acceptors (Lipinski definition) is 3. The Bertz CT molecular complexity index is 436. The van der Waals surface area contributed by atoms with E-state index in [0.717, 1.165) is 10.1 Å². The van der Waals surface area contributed by atoms with Gasteiger partial charge in [0.1, 0.15) is 5.82 Å². The average Bonchev–Trinajstić information content (AvgIpc) is 2.35. The summed E-state index contributed by atoms with van der Waals surface area (Å²) >= 11 is 5.47. The molecule has 0 fully saturated rings. The summed E-state index contributed by atoms with van der Waals surface area (Å²) in [5.74, 6) is -0.323. The standard InChI is InChI=1S/C8H6FNS2/c9-5-1-4-6(10)3-12-8(4)2-7(5)11/h1-3,11H,10H2. The summed E-state index contributed by atoms with van der Waals surface area (Å²) in [4.78, 5) is 0.365. The Hall–Kier alpha value is -0.740. The van der Waals surface area contributed by atoms with Crippen molar-refractivity contribution < 1.29 is 4.39 Å². The Morgan fingerprint density at radius 1 is 1.42 bits per heavy atom. The summed E-state index contributed by atoms with van der Waals surface area (Å²) in [5, 5.41) is 2.58. The summed E-state index contributed by atoms with van der Waals surface area (Å²) < 4.78 is 14.0. The van der Waals surface area contributed by atoms with Crippen LogP contribution < -0.4 is 5.73 Å². The van der Waals surface area contributed by atoms with Gasteiger partial charge in [0.2, 0.25) is 0 Å². The van der Waals surface area contributed by atoms with Crippen molar-refractivity contribution in [2.24, 2.45) is 0 Å². The number of rotatable bonds is 0. The molecule has 62 valence electrons. The van der Waals surface area contributed by atoms with Gasteiger partial charge in [-0.15, -0.1) is 24.0 Å². The third-order valence-corrected chi connectivity index (χ3v) is 2.98. The first-order valence-corrected chi connectivity index (χ1v) is 4.66. The summed E-state index contributed by atoms with van der Waals surface area (Å²) in [6.07, 6.45) is 0. The monoisotopic (exact) mass is 199 g/mol. The molecule has 0 radical (unpaired) electrons. The number of thiol groups is 1. The SMILES string of the molecule is Nc1csc2cc(S)c(F)cc12. The van der Waals surface area contributed by atoms with E-state index in [1.54, 1.807) is 11.4 Å². The number of anilines is 1. The Morgan fingerprint density at radius 2 is 2.17 bits per heavy atom. The van der Waals surface area contributed by atoms with Crippen molar-refractivity contribution in [3.63, 3.8) is 0 Å². The summed E-state index contributed by atoms with van der Waals surface area (Å²) in [7, 11) is 0. The van der Waals surface area contributed by atoms with E-state index in [1.807, 2.05) is 0 Å². The molecule has 0 aliphatic rings. The molecule has 1 aromatic heterocycles. The largest absolute Gasteiger partial charge is 0.398 e. The van der Waals surface area contributed by atoms with Gasteiger partial charge in [0.25, 0.3) is 0 Å². The minimum atomic E-state index is -0.323. The van der Waals surface area contributed by atoms with Gasteiger partial charge in [0.15, 0.2) is 0 Å². The van der Waals surface area contributed by atoms with Crippen LogP contribution in [0, 0.1) is 5.82 Å². The molecule has 4 heteroatoms. The van der Waals surface area contributed by atoms with Crippen molar-refractivity contribution in [1.29, 1.82) is 0 Å². The van der Waals surface area contributed by atoms with Gasteiger partial charge in [-0.2, -0.15) is 0 Å². The summed E-state index contributed by atoms with van der Waals surface area (Å²) in [6.45, 7) is 0. The lowest BCUT2D eigenvalue weighted by Crippen LogP contribution is -1.82. The zero-order chi connectivity index (χ0) is 8.72. The van der Waals surface area contributed by atoms with Crippen molar-refractivity contribution in [1.82, 2.24) is 0 Å². The molecule has 1 nitrogen and oxygen atoms in total. The van der Waals surface area contributed by atoms with Crippen molar-refractivity contribution in [3.05, 3.63) is 23.3 Å². The first-order chi connectivity index (χ1) is 5.68. The lowest BCUT2D eigenvalue weighted by Gasteiger charge is -1.95. The average molecular weight is 199 g/mol. The van der Waals surface area contributed by atoms with Crippen LogP contribution in [0.4, 0.5) is 10.1 Å². The molecule has 0 aliphatic heterocycles. The molecule has 0 saturated carbocycles. The molecule has 1 aromatic carbocycles. The summed E-state index contributed by atoms with van der Waals surface area (Å²) in [6, 6.07) is 3.11. The van der Waals surface area contributed by atoms with Crippen molar-refractivity contribution >= 4 is 39.7 Å². The number of nitrogens with two attached hydrogens (primary N) is 1. The Kier molecular flexibility index (Phi) is 1.73. The van der Waals surface area contributed by atoms with E-state index in [9.17, 15) is 4.39 Å². The maximum atomic E-state index is 13.0. The lowest BCUT2D eigenvalue weighted by atomic mass is 10.2.